The second-order valence-corrected chi connectivity index (χ2v) is 5.95. The van der Waals surface area contributed by atoms with Gasteiger partial charge in [0.2, 0.25) is 5.91 Å². The Kier molecular flexibility index (Phi) is 6.35. The van der Waals surface area contributed by atoms with Crippen LogP contribution in [0.4, 0.5) is 5.82 Å². The minimum Gasteiger partial charge on any atom is -0.494 e. The Hall–Kier alpha value is -3.68. The van der Waals surface area contributed by atoms with E-state index in [0.717, 1.165) is 5.56 Å². The van der Waals surface area contributed by atoms with E-state index in [-0.39, 0.29) is 18.4 Å². The predicted molar refractivity (Wildman–Crippen MR) is 104 cm³/mol. The summed E-state index contributed by atoms with van der Waals surface area (Å²) in [6.07, 6.45) is 5.23. The Bertz CT molecular complexity index is 923. The van der Waals surface area contributed by atoms with E-state index in [0.29, 0.717) is 30.3 Å². The topological polar surface area (TPSA) is 98.1 Å². The third-order valence-electron chi connectivity index (χ3n) is 3.81. The van der Waals surface area contributed by atoms with E-state index in [1.54, 1.807) is 53.6 Å². The number of amides is 2. The Morgan fingerprint density at radius 2 is 1.96 bits per heavy atom. The minimum atomic E-state index is -0.356. The Labute approximate surface area is 162 Å². The summed E-state index contributed by atoms with van der Waals surface area (Å²) in [6, 6.07) is 12.2. The van der Waals surface area contributed by atoms with E-state index in [9.17, 15) is 9.59 Å². The van der Waals surface area contributed by atoms with Crippen LogP contribution in [0, 0.1) is 0 Å². The molecule has 0 radical (unpaired) electrons. The number of nitrogens with zero attached hydrogens (tertiary/aromatic N) is 3. The normalized spacial score (nSPS) is 10.3. The number of aromatic nitrogens is 3. The summed E-state index contributed by atoms with van der Waals surface area (Å²) in [5, 5.41) is 9.53. The number of ether oxygens (including phenoxy) is 1. The van der Waals surface area contributed by atoms with Gasteiger partial charge in [-0.25, -0.2) is 0 Å². The Balaban J connectivity index is 1.47. The molecule has 2 aromatic heterocycles. The molecular weight excluding hydrogens is 358 g/mol. The maximum absolute atomic E-state index is 12.1. The summed E-state index contributed by atoms with van der Waals surface area (Å²) in [6.45, 7) is 2.85. The molecule has 2 heterocycles. The van der Waals surface area contributed by atoms with Gasteiger partial charge in [-0.3, -0.25) is 19.3 Å². The number of rotatable bonds is 8. The van der Waals surface area contributed by atoms with E-state index in [4.69, 9.17) is 4.74 Å². The van der Waals surface area contributed by atoms with Crippen LogP contribution in [-0.4, -0.2) is 39.7 Å². The number of nitrogens with one attached hydrogen (secondary N) is 2. The molecule has 0 unspecified atom stereocenters. The van der Waals surface area contributed by atoms with E-state index < -0.39 is 0 Å². The molecule has 0 fully saturated rings. The first-order valence-corrected chi connectivity index (χ1v) is 8.87. The molecule has 0 aliphatic carbocycles. The van der Waals surface area contributed by atoms with Crippen LogP contribution in [0.2, 0.25) is 0 Å². The highest BCUT2D eigenvalue weighted by Gasteiger charge is 2.10. The molecule has 8 nitrogen and oxygen atoms in total. The van der Waals surface area contributed by atoms with Crippen molar-refractivity contribution >= 4 is 17.6 Å². The summed E-state index contributed by atoms with van der Waals surface area (Å²) >= 11 is 0. The molecule has 3 rings (SSSR count). The van der Waals surface area contributed by atoms with Crippen molar-refractivity contribution in [2.24, 2.45) is 0 Å². The van der Waals surface area contributed by atoms with Gasteiger partial charge in [0.15, 0.2) is 5.82 Å². The average molecular weight is 379 g/mol. The standard InChI is InChI=1S/C20H21N5O3/c1-2-28-17-7-5-16(6-8-17)20(27)22-13-19(26)23-18-9-11-25(24-18)14-15-4-3-10-21-12-15/h3-12H,2,13-14H2,1H3,(H,22,27)(H,23,24,26). The highest BCUT2D eigenvalue weighted by atomic mass is 16.5. The van der Waals surface area contributed by atoms with Gasteiger partial charge in [0.1, 0.15) is 5.75 Å². The van der Waals surface area contributed by atoms with Gasteiger partial charge >= 0.3 is 0 Å². The molecular formula is C20H21N5O3. The van der Waals surface area contributed by atoms with Gasteiger partial charge in [-0.2, -0.15) is 5.10 Å². The molecule has 144 valence electrons. The fourth-order valence-corrected chi connectivity index (χ4v) is 2.51. The lowest BCUT2D eigenvalue weighted by atomic mass is 10.2. The van der Waals surface area contributed by atoms with Crippen LogP contribution < -0.4 is 15.4 Å². The quantitative estimate of drug-likeness (QED) is 0.625. The Morgan fingerprint density at radius 3 is 2.68 bits per heavy atom. The molecule has 3 aromatic rings. The number of carbonyl (C=O) groups excluding carboxylic acids is 2. The molecule has 2 N–H and O–H groups in total. The molecule has 0 atom stereocenters. The average Bonchev–Trinajstić information content (AvgIpc) is 3.14. The Morgan fingerprint density at radius 1 is 1.14 bits per heavy atom. The number of hydrogen-bond donors (Lipinski definition) is 2. The molecule has 0 bridgehead atoms. The maximum Gasteiger partial charge on any atom is 0.251 e. The van der Waals surface area contributed by atoms with Crippen LogP contribution in [0.5, 0.6) is 5.75 Å². The van der Waals surface area contributed by atoms with Crippen molar-refractivity contribution in [2.75, 3.05) is 18.5 Å². The number of carbonyl (C=O) groups is 2. The maximum atomic E-state index is 12.1. The number of benzene rings is 1. The van der Waals surface area contributed by atoms with Gasteiger partial charge in [0.05, 0.1) is 19.7 Å². The van der Waals surface area contributed by atoms with Gasteiger partial charge in [-0.1, -0.05) is 6.07 Å². The number of hydrogen-bond acceptors (Lipinski definition) is 5. The molecule has 0 spiro atoms. The SMILES string of the molecule is CCOc1ccc(C(=O)NCC(=O)Nc2ccn(Cc3cccnc3)n2)cc1. The molecule has 1 aromatic carbocycles. The van der Waals surface area contributed by atoms with Crippen LogP contribution in [0.25, 0.3) is 0 Å². The van der Waals surface area contributed by atoms with Crippen molar-refractivity contribution < 1.29 is 14.3 Å². The van der Waals surface area contributed by atoms with Crippen LogP contribution in [-0.2, 0) is 11.3 Å². The lowest BCUT2D eigenvalue weighted by Gasteiger charge is -2.07. The smallest absolute Gasteiger partial charge is 0.251 e. The van der Waals surface area contributed by atoms with Crippen LogP contribution in [0.1, 0.15) is 22.8 Å². The molecule has 28 heavy (non-hydrogen) atoms. The van der Waals surface area contributed by atoms with E-state index >= 15 is 0 Å². The third-order valence-corrected chi connectivity index (χ3v) is 3.81. The van der Waals surface area contributed by atoms with Crippen LogP contribution in [0.15, 0.2) is 61.1 Å². The van der Waals surface area contributed by atoms with Gasteiger partial charge < -0.3 is 15.4 Å². The lowest BCUT2D eigenvalue weighted by Crippen LogP contribution is -2.32. The molecule has 8 heteroatoms. The molecule has 0 aliphatic heterocycles. The molecule has 0 aliphatic rings. The first-order valence-electron chi connectivity index (χ1n) is 8.87. The largest absolute Gasteiger partial charge is 0.494 e. The summed E-state index contributed by atoms with van der Waals surface area (Å²) < 4.78 is 7.04. The van der Waals surface area contributed by atoms with Crippen molar-refractivity contribution in [3.05, 3.63) is 72.2 Å². The first-order chi connectivity index (χ1) is 13.6. The van der Waals surface area contributed by atoms with E-state index in [1.807, 2.05) is 19.1 Å². The zero-order valence-electron chi connectivity index (χ0n) is 15.5. The van der Waals surface area contributed by atoms with Gasteiger partial charge in [0, 0.05) is 30.2 Å². The zero-order valence-corrected chi connectivity index (χ0v) is 15.5. The van der Waals surface area contributed by atoms with Crippen molar-refractivity contribution in [1.82, 2.24) is 20.1 Å². The van der Waals surface area contributed by atoms with E-state index in [2.05, 4.69) is 20.7 Å². The van der Waals surface area contributed by atoms with Crippen molar-refractivity contribution in [3.8, 4) is 5.75 Å². The highest BCUT2D eigenvalue weighted by molar-refractivity contribution is 5.99. The molecule has 0 saturated heterocycles. The number of anilines is 1. The second-order valence-electron chi connectivity index (χ2n) is 5.95. The van der Waals surface area contributed by atoms with Crippen molar-refractivity contribution in [2.45, 2.75) is 13.5 Å². The molecule has 0 saturated carbocycles. The summed E-state index contributed by atoms with van der Waals surface area (Å²) in [5.41, 5.74) is 1.46. The summed E-state index contributed by atoms with van der Waals surface area (Å²) in [4.78, 5) is 28.2. The van der Waals surface area contributed by atoms with Gasteiger partial charge in [-0.05, 0) is 42.8 Å². The fraction of sp³-hybridized carbons (Fsp3) is 0.200. The zero-order chi connectivity index (χ0) is 19.8. The van der Waals surface area contributed by atoms with E-state index in [1.165, 1.54) is 0 Å². The van der Waals surface area contributed by atoms with Crippen molar-refractivity contribution in [1.29, 1.82) is 0 Å². The van der Waals surface area contributed by atoms with Crippen LogP contribution >= 0.6 is 0 Å². The second kappa shape index (κ2) is 9.31. The highest BCUT2D eigenvalue weighted by Crippen LogP contribution is 2.12. The third kappa shape index (κ3) is 5.41. The molecule has 2 amide bonds. The van der Waals surface area contributed by atoms with Crippen LogP contribution in [0.3, 0.4) is 0 Å². The minimum absolute atomic E-state index is 0.151. The lowest BCUT2D eigenvalue weighted by molar-refractivity contribution is -0.115. The summed E-state index contributed by atoms with van der Waals surface area (Å²) in [7, 11) is 0. The number of pyridine rings is 1. The fourth-order valence-electron chi connectivity index (χ4n) is 2.51. The van der Waals surface area contributed by atoms with Gasteiger partial charge in [-0.15, -0.1) is 0 Å². The predicted octanol–water partition coefficient (Wildman–Crippen LogP) is 2.09. The monoisotopic (exact) mass is 379 g/mol. The first kappa shape index (κ1) is 19.1. The summed E-state index contributed by atoms with van der Waals surface area (Å²) in [5.74, 6) is 0.425. The van der Waals surface area contributed by atoms with Crippen molar-refractivity contribution in [3.63, 3.8) is 0 Å². The van der Waals surface area contributed by atoms with Gasteiger partial charge in [0.25, 0.3) is 5.91 Å².